The fourth-order valence-electron chi connectivity index (χ4n) is 5.28. The molecule has 2 aromatic heterocycles. The van der Waals surface area contributed by atoms with Crippen LogP contribution in [0, 0.1) is 6.92 Å². The van der Waals surface area contributed by atoms with Crippen molar-refractivity contribution in [3.05, 3.63) is 117 Å². The van der Waals surface area contributed by atoms with E-state index in [1.54, 1.807) is 21.6 Å². The lowest BCUT2D eigenvalue weighted by atomic mass is 10.1. The number of hydrogen-bond donors (Lipinski definition) is 0. The molecule has 2 saturated heterocycles. The van der Waals surface area contributed by atoms with Crippen LogP contribution in [0.4, 0.5) is 5.82 Å². The number of aromatic nitrogens is 2. The van der Waals surface area contributed by atoms with Gasteiger partial charge in [-0.1, -0.05) is 90.7 Å². The summed E-state index contributed by atoms with van der Waals surface area (Å²) in [5.74, 6) is 0.455. The van der Waals surface area contributed by atoms with Crippen LogP contribution in [-0.2, 0) is 17.8 Å². The molecule has 4 heterocycles. The minimum atomic E-state index is -0.185. The summed E-state index contributed by atoms with van der Waals surface area (Å²) in [5, 5.41) is 0. The highest BCUT2D eigenvalue weighted by Crippen LogP contribution is 2.34. The van der Waals surface area contributed by atoms with E-state index in [9.17, 15) is 9.59 Å². The van der Waals surface area contributed by atoms with E-state index in [1.165, 1.54) is 17.3 Å². The van der Waals surface area contributed by atoms with Crippen molar-refractivity contribution in [3.63, 3.8) is 0 Å². The summed E-state index contributed by atoms with van der Waals surface area (Å²) in [4.78, 5) is 39.0. The Hall–Kier alpha value is -3.79. The Morgan fingerprint density at radius 3 is 2.29 bits per heavy atom. The third-order valence-corrected chi connectivity index (χ3v) is 8.90. The van der Waals surface area contributed by atoms with Crippen LogP contribution in [0.5, 0.6) is 0 Å². The van der Waals surface area contributed by atoms with E-state index in [0.29, 0.717) is 39.2 Å². The molecular formula is C32H31N5O2S2. The molecule has 2 aromatic carbocycles. The van der Waals surface area contributed by atoms with Gasteiger partial charge in [-0.3, -0.25) is 23.8 Å². The lowest BCUT2D eigenvalue weighted by molar-refractivity contribution is -0.122. The molecule has 0 saturated carbocycles. The number of thiocarbonyl (C=S) groups is 1. The van der Waals surface area contributed by atoms with Gasteiger partial charge in [-0.15, -0.1) is 0 Å². The first-order valence-corrected chi connectivity index (χ1v) is 15.0. The topological polar surface area (TPSA) is 61.2 Å². The van der Waals surface area contributed by atoms with Crippen molar-refractivity contribution in [3.8, 4) is 0 Å². The molecule has 41 heavy (non-hydrogen) atoms. The normalized spacial score (nSPS) is 17.2. The molecule has 0 unspecified atom stereocenters. The molecule has 0 radical (unpaired) electrons. The molecule has 4 aromatic rings. The number of pyridine rings is 1. The van der Waals surface area contributed by atoms with E-state index < -0.39 is 0 Å². The van der Waals surface area contributed by atoms with Crippen LogP contribution >= 0.6 is 24.0 Å². The summed E-state index contributed by atoms with van der Waals surface area (Å²) in [7, 11) is 0. The second kappa shape index (κ2) is 12.0. The summed E-state index contributed by atoms with van der Waals surface area (Å²) in [6.45, 7) is 6.51. The third-order valence-electron chi connectivity index (χ3n) is 7.52. The van der Waals surface area contributed by atoms with Crippen LogP contribution in [-0.4, -0.2) is 62.1 Å². The molecule has 0 spiro atoms. The Kier molecular flexibility index (Phi) is 8.00. The minimum Gasteiger partial charge on any atom is -0.353 e. The summed E-state index contributed by atoms with van der Waals surface area (Å²) in [6, 6.07) is 24.3. The second-order valence-corrected chi connectivity index (χ2v) is 12.1. The first kappa shape index (κ1) is 27.4. The number of aryl methyl sites for hydroxylation is 1. The van der Waals surface area contributed by atoms with Gasteiger partial charge in [0.05, 0.1) is 10.5 Å². The van der Waals surface area contributed by atoms with Gasteiger partial charge in [-0.05, 0) is 42.2 Å². The van der Waals surface area contributed by atoms with Gasteiger partial charge in [0.15, 0.2) is 0 Å². The Morgan fingerprint density at radius 1 is 0.902 bits per heavy atom. The first-order chi connectivity index (χ1) is 20.0. The molecule has 0 atom stereocenters. The number of carbonyl (C=O) groups excluding carboxylic acids is 1. The molecule has 208 valence electrons. The SMILES string of the molecule is Cc1ccc2nc(N3CCN(Cc4ccccc4)CC3)c(C=C3SC(=S)N(CCc4ccccc4)C3=O)c(=O)n2c1. The van der Waals surface area contributed by atoms with Gasteiger partial charge in [0.2, 0.25) is 0 Å². The number of piperazine rings is 1. The Labute approximate surface area is 249 Å². The van der Waals surface area contributed by atoms with Crippen molar-refractivity contribution in [1.82, 2.24) is 19.2 Å². The average molecular weight is 582 g/mol. The quantitative estimate of drug-likeness (QED) is 0.230. The van der Waals surface area contributed by atoms with E-state index in [-0.39, 0.29) is 11.5 Å². The Morgan fingerprint density at radius 2 is 1.59 bits per heavy atom. The van der Waals surface area contributed by atoms with Crippen LogP contribution in [0.25, 0.3) is 11.7 Å². The van der Waals surface area contributed by atoms with Gasteiger partial charge in [0, 0.05) is 45.5 Å². The highest BCUT2D eigenvalue weighted by atomic mass is 32.2. The van der Waals surface area contributed by atoms with Gasteiger partial charge in [-0.25, -0.2) is 4.98 Å². The monoisotopic (exact) mass is 581 g/mol. The molecule has 1 amide bonds. The second-order valence-electron chi connectivity index (χ2n) is 10.4. The summed E-state index contributed by atoms with van der Waals surface area (Å²) in [6.07, 6.45) is 4.21. The number of benzene rings is 2. The minimum absolute atomic E-state index is 0.164. The number of rotatable bonds is 7. The van der Waals surface area contributed by atoms with E-state index in [4.69, 9.17) is 17.2 Å². The van der Waals surface area contributed by atoms with Crippen LogP contribution < -0.4 is 10.5 Å². The molecule has 2 aliphatic rings. The number of nitrogens with zero attached hydrogens (tertiary/aromatic N) is 5. The fourth-order valence-corrected chi connectivity index (χ4v) is 6.57. The maximum Gasteiger partial charge on any atom is 0.267 e. The number of fused-ring (bicyclic) bond motifs is 1. The van der Waals surface area contributed by atoms with Crippen molar-refractivity contribution in [2.24, 2.45) is 0 Å². The van der Waals surface area contributed by atoms with Gasteiger partial charge < -0.3 is 4.90 Å². The average Bonchev–Trinajstić information content (AvgIpc) is 3.26. The van der Waals surface area contributed by atoms with E-state index in [2.05, 4.69) is 34.1 Å². The zero-order chi connectivity index (χ0) is 28.3. The Balaban J connectivity index is 1.29. The van der Waals surface area contributed by atoms with Gasteiger partial charge in [-0.2, -0.15) is 0 Å². The number of amides is 1. The standard InChI is InChI=1S/C32H31N5O2S2/c1-23-12-13-28-33-29(35-18-16-34(17-19-35)22-25-10-6-3-7-11-25)26(30(38)37(28)21-23)20-27-31(39)36(32(40)41-27)15-14-24-8-4-2-5-9-24/h2-13,20-21H,14-19,22H2,1H3. The lowest BCUT2D eigenvalue weighted by Gasteiger charge is -2.36. The molecule has 0 bridgehead atoms. The zero-order valence-electron chi connectivity index (χ0n) is 22.9. The van der Waals surface area contributed by atoms with Gasteiger partial charge in [0.1, 0.15) is 15.8 Å². The predicted octanol–water partition coefficient (Wildman–Crippen LogP) is 4.77. The van der Waals surface area contributed by atoms with Crippen molar-refractivity contribution in [2.45, 2.75) is 19.9 Å². The lowest BCUT2D eigenvalue weighted by Crippen LogP contribution is -2.47. The van der Waals surface area contributed by atoms with Crippen molar-refractivity contribution in [1.29, 1.82) is 0 Å². The maximum absolute atomic E-state index is 13.9. The smallest absolute Gasteiger partial charge is 0.267 e. The zero-order valence-corrected chi connectivity index (χ0v) is 24.5. The molecule has 6 rings (SSSR count). The van der Waals surface area contributed by atoms with Crippen molar-refractivity contribution in [2.75, 3.05) is 37.6 Å². The van der Waals surface area contributed by atoms with Crippen LogP contribution in [0.2, 0.25) is 0 Å². The van der Waals surface area contributed by atoms with E-state index in [0.717, 1.165) is 43.9 Å². The van der Waals surface area contributed by atoms with Crippen LogP contribution in [0.1, 0.15) is 22.3 Å². The van der Waals surface area contributed by atoms with E-state index >= 15 is 0 Å². The molecule has 7 nitrogen and oxygen atoms in total. The molecule has 9 heteroatoms. The highest BCUT2D eigenvalue weighted by Gasteiger charge is 2.33. The first-order valence-electron chi connectivity index (χ1n) is 13.8. The summed E-state index contributed by atoms with van der Waals surface area (Å²) in [5.41, 5.74) is 4.22. The third kappa shape index (κ3) is 5.98. The molecule has 2 fully saturated rings. The van der Waals surface area contributed by atoms with Gasteiger partial charge in [0.25, 0.3) is 11.5 Å². The largest absolute Gasteiger partial charge is 0.353 e. The maximum atomic E-state index is 13.9. The summed E-state index contributed by atoms with van der Waals surface area (Å²) >= 11 is 6.84. The van der Waals surface area contributed by atoms with Crippen molar-refractivity contribution < 1.29 is 4.79 Å². The highest BCUT2D eigenvalue weighted by molar-refractivity contribution is 8.26. The number of hydrogen-bond acceptors (Lipinski definition) is 7. The van der Waals surface area contributed by atoms with Gasteiger partial charge >= 0.3 is 0 Å². The molecular weight excluding hydrogens is 551 g/mol. The van der Waals surface area contributed by atoms with E-state index in [1.807, 2.05) is 55.5 Å². The van der Waals surface area contributed by atoms with Crippen LogP contribution in [0.3, 0.4) is 0 Å². The number of thioether (sulfide) groups is 1. The van der Waals surface area contributed by atoms with Crippen LogP contribution in [0.15, 0.2) is 88.7 Å². The Bertz CT molecular complexity index is 1680. The molecule has 2 aliphatic heterocycles. The summed E-state index contributed by atoms with van der Waals surface area (Å²) < 4.78 is 2.09. The molecule has 0 N–H and O–H groups in total. The number of anilines is 1. The number of carbonyl (C=O) groups is 1. The molecule has 0 aliphatic carbocycles. The fraction of sp³-hybridized carbons (Fsp3) is 0.250. The predicted molar refractivity (Wildman–Crippen MR) is 170 cm³/mol. The van der Waals surface area contributed by atoms with Crippen molar-refractivity contribution >= 4 is 51.7 Å².